The first-order valence-electron chi connectivity index (χ1n) is 7.99. The lowest BCUT2D eigenvalue weighted by Gasteiger charge is -2.17. The molecule has 1 fully saturated rings. The molecule has 1 aromatic rings. The van der Waals surface area contributed by atoms with Gasteiger partial charge in [-0.3, -0.25) is 9.59 Å². The van der Waals surface area contributed by atoms with Crippen molar-refractivity contribution in [3.63, 3.8) is 0 Å². The molecule has 2 amide bonds. The van der Waals surface area contributed by atoms with E-state index in [9.17, 15) is 9.59 Å². The Morgan fingerprint density at radius 2 is 1.86 bits per heavy atom. The lowest BCUT2D eigenvalue weighted by atomic mass is 9.93. The van der Waals surface area contributed by atoms with E-state index in [0.717, 1.165) is 19.3 Å². The second kappa shape index (κ2) is 6.77. The molecule has 0 spiro atoms. The summed E-state index contributed by atoms with van der Waals surface area (Å²) in [5.74, 6) is 0.914. The fourth-order valence-corrected chi connectivity index (χ4v) is 3.43. The van der Waals surface area contributed by atoms with Crippen LogP contribution in [0.5, 0.6) is 0 Å². The highest BCUT2D eigenvalue weighted by atomic mass is 16.2. The molecule has 0 radical (unpaired) electrons. The summed E-state index contributed by atoms with van der Waals surface area (Å²) in [5, 5.41) is 5.62. The van der Waals surface area contributed by atoms with E-state index in [0.29, 0.717) is 18.4 Å². The summed E-state index contributed by atoms with van der Waals surface area (Å²) in [7, 11) is 0. The van der Waals surface area contributed by atoms with E-state index >= 15 is 0 Å². The van der Waals surface area contributed by atoms with Crippen molar-refractivity contribution in [1.29, 1.82) is 0 Å². The van der Waals surface area contributed by atoms with Crippen LogP contribution in [0.3, 0.4) is 0 Å². The Kier molecular flexibility index (Phi) is 4.56. The predicted octanol–water partition coefficient (Wildman–Crippen LogP) is 1.67. The molecule has 0 heterocycles. The number of rotatable bonds is 6. The molecule has 4 nitrogen and oxygen atoms in total. The van der Waals surface area contributed by atoms with Crippen LogP contribution < -0.4 is 10.6 Å². The fraction of sp³-hybridized carbons (Fsp3) is 0.444. The molecule has 1 aromatic carbocycles. The van der Waals surface area contributed by atoms with Crippen molar-refractivity contribution in [2.24, 2.45) is 17.8 Å². The number of carbonyl (C=O) groups excluding carboxylic acids is 2. The molecule has 4 heteroatoms. The molecule has 3 rings (SSSR count). The van der Waals surface area contributed by atoms with Crippen molar-refractivity contribution in [2.75, 3.05) is 13.1 Å². The molecule has 3 atom stereocenters. The Hall–Kier alpha value is -2.10. The van der Waals surface area contributed by atoms with Gasteiger partial charge in [0.05, 0.1) is 6.54 Å². The van der Waals surface area contributed by atoms with Gasteiger partial charge in [0.25, 0.3) is 0 Å². The van der Waals surface area contributed by atoms with Crippen molar-refractivity contribution in [3.05, 3.63) is 48.0 Å². The Balaban J connectivity index is 1.34. The number of nitrogens with one attached hydrogen (secondary N) is 2. The van der Waals surface area contributed by atoms with Crippen LogP contribution in [0.2, 0.25) is 0 Å². The van der Waals surface area contributed by atoms with Crippen LogP contribution in [0.15, 0.2) is 42.5 Å². The van der Waals surface area contributed by atoms with Gasteiger partial charge in [0.1, 0.15) is 0 Å². The lowest BCUT2D eigenvalue weighted by Crippen LogP contribution is -2.41. The predicted molar refractivity (Wildman–Crippen MR) is 85.0 cm³/mol. The van der Waals surface area contributed by atoms with Crippen molar-refractivity contribution in [3.8, 4) is 0 Å². The third-order valence-electron chi connectivity index (χ3n) is 4.62. The molecule has 2 aliphatic rings. The highest BCUT2D eigenvalue weighted by molar-refractivity contribution is 5.86. The van der Waals surface area contributed by atoms with Gasteiger partial charge in [-0.2, -0.15) is 0 Å². The van der Waals surface area contributed by atoms with Gasteiger partial charge in [-0.25, -0.2) is 0 Å². The standard InChI is InChI=1S/C18H22N2O2/c21-17(19-9-8-13-4-2-1-3-5-13)12-20-18(22)16-11-14-6-7-15(16)10-14/h1-7,14-16H,8-12H2,(H,19,21)(H,20,22)/t14-,15-,16-/m0/s1. The first kappa shape index (κ1) is 14.8. The Morgan fingerprint density at radius 3 is 2.55 bits per heavy atom. The molecular formula is C18H22N2O2. The molecule has 0 aromatic heterocycles. The van der Waals surface area contributed by atoms with Crippen molar-refractivity contribution >= 4 is 11.8 Å². The average molecular weight is 298 g/mol. The summed E-state index contributed by atoms with van der Waals surface area (Å²) in [6, 6.07) is 10.0. The van der Waals surface area contributed by atoms with Gasteiger partial charge in [0.15, 0.2) is 0 Å². The number of amides is 2. The maximum absolute atomic E-state index is 12.1. The maximum atomic E-state index is 12.1. The summed E-state index contributed by atoms with van der Waals surface area (Å²) >= 11 is 0. The van der Waals surface area contributed by atoms with Crippen LogP contribution in [-0.4, -0.2) is 24.9 Å². The van der Waals surface area contributed by atoms with E-state index in [1.807, 2.05) is 30.3 Å². The molecule has 2 N–H and O–H groups in total. The smallest absolute Gasteiger partial charge is 0.239 e. The lowest BCUT2D eigenvalue weighted by molar-refractivity contribution is -0.129. The van der Waals surface area contributed by atoms with Crippen molar-refractivity contribution < 1.29 is 9.59 Å². The maximum Gasteiger partial charge on any atom is 0.239 e. The molecule has 0 saturated heterocycles. The van der Waals surface area contributed by atoms with Gasteiger partial charge < -0.3 is 10.6 Å². The second-order valence-electron chi connectivity index (χ2n) is 6.19. The zero-order chi connectivity index (χ0) is 15.4. The minimum atomic E-state index is -0.122. The SMILES string of the molecule is O=C(CNC(=O)[C@H]1C[C@H]2C=C[C@H]1C2)NCCc1ccccc1. The zero-order valence-corrected chi connectivity index (χ0v) is 12.6. The summed E-state index contributed by atoms with van der Waals surface area (Å²) in [4.78, 5) is 23.9. The first-order valence-corrected chi connectivity index (χ1v) is 7.99. The number of benzene rings is 1. The Morgan fingerprint density at radius 1 is 1.05 bits per heavy atom. The van der Waals surface area contributed by atoms with Crippen LogP contribution >= 0.6 is 0 Å². The number of hydrogen-bond acceptors (Lipinski definition) is 2. The molecule has 2 bridgehead atoms. The second-order valence-corrected chi connectivity index (χ2v) is 6.19. The van der Waals surface area contributed by atoms with E-state index in [1.54, 1.807) is 0 Å². The molecule has 1 saturated carbocycles. The average Bonchev–Trinajstić information content (AvgIpc) is 3.17. The van der Waals surface area contributed by atoms with Crippen LogP contribution in [-0.2, 0) is 16.0 Å². The molecule has 0 aliphatic heterocycles. The summed E-state index contributed by atoms with van der Waals surface area (Å²) in [6.45, 7) is 0.667. The quantitative estimate of drug-likeness (QED) is 0.785. The van der Waals surface area contributed by atoms with Crippen LogP contribution in [0.25, 0.3) is 0 Å². The third kappa shape index (κ3) is 3.56. The highest BCUT2D eigenvalue weighted by Gasteiger charge is 2.39. The van der Waals surface area contributed by atoms with Gasteiger partial charge in [0.2, 0.25) is 11.8 Å². The summed E-state index contributed by atoms with van der Waals surface area (Å²) in [6.07, 6.45) is 7.20. The van der Waals surface area contributed by atoms with Crippen molar-refractivity contribution in [1.82, 2.24) is 10.6 Å². The van der Waals surface area contributed by atoms with Gasteiger partial charge >= 0.3 is 0 Å². The van der Waals surface area contributed by atoms with E-state index < -0.39 is 0 Å². The minimum absolute atomic E-state index is 0.0232. The van der Waals surface area contributed by atoms with E-state index in [4.69, 9.17) is 0 Å². The number of hydrogen-bond donors (Lipinski definition) is 2. The normalized spacial score (nSPS) is 25.2. The van der Waals surface area contributed by atoms with Crippen LogP contribution in [0.1, 0.15) is 18.4 Å². The Labute approximate surface area is 131 Å². The number of carbonyl (C=O) groups is 2. The molecule has 116 valence electrons. The molecule has 2 aliphatic carbocycles. The van der Waals surface area contributed by atoms with Gasteiger partial charge in [0, 0.05) is 12.5 Å². The molecular weight excluding hydrogens is 276 g/mol. The molecule has 0 unspecified atom stereocenters. The van der Waals surface area contributed by atoms with Crippen LogP contribution in [0.4, 0.5) is 0 Å². The fourth-order valence-electron chi connectivity index (χ4n) is 3.43. The van der Waals surface area contributed by atoms with Crippen LogP contribution in [0, 0.1) is 17.8 Å². The Bertz CT molecular complexity index is 568. The van der Waals surface area contributed by atoms with Crippen molar-refractivity contribution in [2.45, 2.75) is 19.3 Å². The highest BCUT2D eigenvalue weighted by Crippen LogP contribution is 2.43. The monoisotopic (exact) mass is 298 g/mol. The topological polar surface area (TPSA) is 58.2 Å². The summed E-state index contributed by atoms with van der Waals surface area (Å²) < 4.78 is 0. The largest absolute Gasteiger partial charge is 0.354 e. The minimum Gasteiger partial charge on any atom is -0.354 e. The van der Waals surface area contributed by atoms with E-state index in [1.165, 1.54) is 5.56 Å². The first-order chi connectivity index (χ1) is 10.7. The third-order valence-corrected chi connectivity index (χ3v) is 4.62. The van der Waals surface area contributed by atoms with E-state index in [2.05, 4.69) is 22.8 Å². The molecule has 22 heavy (non-hydrogen) atoms. The van der Waals surface area contributed by atoms with Gasteiger partial charge in [-0.1, -0.05) is 42.5 Å². The number of allylic oxidation sites excluding steroid dienone is 2. The van der Waals surface area contributed by atoms with Gasteiger partial charge in [-0.15, -0.1) is 0 Å². The number of fused-ring (bicyclic) bond motifs is 2. The zero-order valence-electron chi connectivity index (χ0n) is 12.6. The summed E-state index contributed by atoms with van der Waals surface area (Å²) in [5.41, 5.74) is 1.20. The van der Waals surface area contributed by atoms with E-state index in [-0.39, 0.29) is 24.3 Å². The van der Waals surface area contributed by atoms with Gasteiger partial charge in [-0.05, 0) is 36.7 Å².